The summed E-state index contributed by atoms with van der Waals surface area (Å²) in [6.07, 6.45) is -1.42. The van der Waals surface area contributed by atoms with Crippen LogP contribution in [0.2, 0.25) is 0 Å². The molecule has 0 unspecified atom stereocenters. The van der Waals surface area contributed by atoms with Gasteiger partial charge in [-0.05, 0) is 45.9 Å². The van der Waals surface area contributed by atoms with Gasteiger partial charge in [0.05, 0.1) is 10.5 Å². The SMILES string of the molecule is C[C@H](OC(=O)c1cc(S(=O)(=O)N(C)C)ccc1F)C(=O)NC(=O)NC(C)(C)C. The van der Waals surface area contributed by atoms with Crippen molar-refractivity contribution in [2.24, 2.45) is 0 Å². The molecule has 0 aliphatic carbocycles. The van der Waals surface area contributed by atoms with E-state index in [0.717, 1.165) is 22.5 Å². The molecule has 1 aromatic carbocycles. The molecule has 11 heteroatoms. The third-order valence-corrected chi connectivity index (χ3v) is 5.13. The molecule has 1 atom stereocenters. The van der Waals surface area contributed by atoms with Crippen LogP contribution in [0.15, 0.2) is 23.1 Å². The number of hydrogen-bond donors (Lipinski definition) is 2. The first-order chi connectivity index (χ1) is 12.6. The smallest absolute Gasteiger partial charge is 0.341 e. The van der Waals surface area contributed by atoms with Gasteiger partial charge in [-0.3, -0.25) is 10.1 Å². The molecule has 3 amide bonds. The van der Waals surface area contributed by atoms with Crippen LogP contribution in [0.1, 0.15) is 38.1 Å². The molecular weight excluding hydrogens is 393 g/mol. The molecule has 0 bridgehead atoms. The molecule has 156 valence electrons. The van der Waals surface area contributed by atoms with Crippen molar-refractivity contribution in [2.45, 2.75) is 44.2 Å². The van der Waals surface area contributed by atoms with E-state index >= 15 is 0 Å². The highest BCUT2D eigenvalue weighted by Gasteiger charge is 2.26. The van der Waals surface area contributed by atoms with Crippen LogP contribution >= 0.6 is 0 Å². The van der Waals surface area contributed by atoms with Crippen LogP contribution in [0.4, 0.5) is 9.18 Å². The number of rotatable bonds is 5. The largest absolute Gasteiger partial charge is 0.449 e. The number of hydrogen-bond acceptors (Lipinski definition) is 6. The van der Waals surface area contributed by atoms with Crippen LogP contribution in [-0.2, 0) is 19.6 Å². The fourth-order valence-electron chi connectivity index (χ4n) is 1.90. The summed E-state index contributed by atoms with van der Waals surface area (Å²) in [7, 11) is -1.33. The van der Waals surface area contributed by atoms with Gasteiger partial charge in [0.2, 0.25) is 10.0 Å². The Kier molecular flexibility index (Phi) is 7.26. The Morgan fingerprint density at radius 2 is 1.75 bits per heavy atom. The maximum atomic E-state index is 14.0. The van der Waals surface area contributed by atoms with Gasteiger partial charge in [-0.2, -0.15) is 0 Å². The molecule has 0 aliphatic heterocycles. The van der Waals surface area contributed by atoms with E-state index in [1.807, 2.05) is 5.32 Å². The predicted octanol–water partition coefficient (Wildman–Crippen LogP) is 1.25. The number of imide groups is 1. The molecule has 2 N–H and O–H groups in total. The van der Waals surface area contributed by atoms with Crippen molar-refractivity contribution >= 4 is 27.9 Å². The number of amides is 3. The number of carbonyl (C=O) groups excluding carboxylic acids is 3. The predicted molar refractivity (Wildman–Crippen MR) is 98.6 cm³/mol. The van der Waals surface area contributed by atoms with Crippen molar-refractivity contribution in [2.75, 3.05) is 14.1 Å². The minimum absolute atomic E-state index is 0.312. The van der Waals surface area contributed by atoms with E-state index in [0.29, 0.717) is 0 Å². The molecule has 9 nitrogen and oxygen atoms in total. The lowest BCUT2D eigenvalue weighted by molar-refractivity contribution is -0.127. The Balaban J connectivity index is 2.93. The van der Waals surface area contributed by atoms with Gasteiger partial charge in [0.1, 0.15) is 5.82 Å². The number of urea groups is 1. The van der Waals surface area contributed by atoms with Crippen LogP contribution in [0.25, 0.3) is 0 Å². The maximum absolute atomic E-state index is 14.0. The fourth-order valence-corrected chi connectivity index (χ4v) is 2.82. The summed E-state index contributed by atoms with van der Waals surface area (Å²) in [5.74, 6) is -3.18. The number of nitrogens with one attached hydrogen (secondary N) is 2. The quantitative estimate of drug-likeness (QED) is 0.696. The molecule has 0 radical (unpaired) electrons. The number of sulfonamides is 1. The Morgan fingerprint density at radius 1 is 1.18 bits per heavy atom. The van der Waals surface area contributed by atoms with E-state index in [1.165, 1.54) is 21.0 Å². The van der Waals surface area contributed by atoms with Crippen LogP contribution in [-0.4, -0.2) is 56.4 Å². The zero-order chi connectivity index (χ0) is 21.9. The highest BCUT2D eigenvalue weighted by atomic mass is 32.2. The van der Waals surface area contributed by atoms with Crippen molar-refractivity contribution in [1.29, 1.82) is 0 Å². The number of benzene rings is 1. The minimum atomic E-state index is -3.90. The van der Waals surface area contributed by atoms with E-state index < -0.39 is 51.0 Å². The van der Waals surface area contributed by atoms with E-state index in [4.69, 9.17) is 4.74 Å². The first kappa shape index (κ1) is 23.5. The molecule has 28 heavy (non-hydrogen) atoms. The van der Waals surface area contributed by atoms with E-state index in [1.54, 1.807) is 20.8 Å². The van der Waals surface area contributed by atoms with Crippen LogP contribution in [0, 0.1) is 5.82 Å². The third-order valence-electron chi connectivity index (χ3n) is 3.31. The molecule has 1 aromatic rings. The zero-order valence-corrected chi connectivity index (χ0v) is 17.3. The second-order valence-electron chi connectivity index (χ2n) is 7.17. The van der Waals surface area contributed by atoms with Gasteiger partial charge >= 0.3 is 12.0 Å². The summed E-state index contributed by atoms with van der Waals surface area (Å²) in [4.78, 5) is 35.5. The molecule has 0 fully saturated rings. The molecule has 0 spiro atoms. The number of ether oxygens (including phenoxy) is 1. The summed E-state index contributed by atoms with van der Waals surface area (Å²) in [5.41, 5.74) is -1.24. The first-order valence-corrected chi connectivity index (χ1v) is 9.65. The molecular formula is C17H24FN3O6S. The van der Waals surface area contributed by atoms with Crippen molar-refractivity contribution in [3.63, 3.8) is 0 Å². The number of carbonyl (C=O) groups is 3. The highest BCUT2D eigenvalue weighted by Crippen LogP contribution is 2.19. The van der Waals surface area contributed by atoms with Crippen LogP contribution in [0.5, 0.6) is 0 Å². The van der Waals surface area contributed by atoms with Crippen molar-refractivity contribution in [1.82, 2.24) is 14.9 Å². The maximum Gasteiger partial charge on any atom is 0.341 e. The van der Waals surface area contributed by atoms with Crippen molar-refractivity contribution in [3.05, 3.63) is 29.6 Å². The lowest BCUT2D eigenvalue weighted by Gasteiger charge is -2.21. The summed E-state index contributed by atoms with van der Waals surface area (Å²) >= 11 is 0. The lowest BCUT2D eigenvalue weighted by atomic mass is 10.1. The lowest BCUT2D eigenvalue weighted by Crippen LogP contribution is -2.50. The van der Waals surface area contributed by atoms with E-state index in [9.17, 15) is 27.2 Å². The van der Waals surface area contributed by atoms with Gasteiger partial charge in [0.15, 0.2) is 6.10 Å². The Labute approximate surface area is 163 Å². The van der Waals surface area contributed by atoms with E-state index in [-0.39, 0.29) is 4.90 Å². The second-order valence-corrected chi connectivity index (χ2v) is 9.32. The Bertz CT molecular complexity index is 877. The molecule has 0 aromatic heterocycles. The summed E-state index contributed by atoms with van der Waals surface area (Å²) in [6, 6.07) is 1.86. The summed E-state index contributed by atoms with van der Waals surface area (Å²) in [5, 5.41) is 4.49. The summed E-state index contributed by atoms with van der Waals surface area (Å²) in [6.45, 7) is 6.31. The van der Waals surface area contributed by atoms with E-state index in [2.05, 4.69) is 5.32 Å². The average Bonchev–Trinajstić information content (AvgIpc) is 2.52. The standard InChI is InChI=1S/C17H24FN3O6S/c1-10(14(22)19-16(24)20-17(2,3)4)27-15(23)12-9-11(7-8-13(12)18)28(25,26)21(5)6/h7-10H,1-6H3,(H2,19,20,22,24)/t10-/m0/s1. The van der Waals surface area contributed by atoms with Crippen molar-refractivity contribution in [3.8, 4) is 0 Å². The number of nitrogens with zero attached hydrogens (tertiary/aromatic N) is 1. The van der Waals surface area contributed by atoms with Crippen LogP contribution in [0.3, 0.4) is 0 Å². The Hall–Kier alpha value is -2.53. The zero-order valence-electron chi connectivity index (χ0n) is 16.5. The van der Waals surface area contributed by atoms with Gasteiger partial charge in [-0.25, -0.2) is 26.7 Å². The monoisotopic (exact) mass is 417 g/mol. The number of esters is 1. The second kappa shape index (κ2) is 8.65. The summed E-state index contributed by atoms with van der Waals surface area (Å²) < 4.78 is 44.0. The Morgan fingerprint density at radius 3 is 2.25 bits per heavy atom. The molecule has 0 saturated carbocycles. The first-order valence-electron chi connectivity index (χ1n) is 8.21. The normalized spacial score (nSPS) is 13.0. The average molecular weight is 417 g/mol. The minimum Gasteiger partial charge on any atom is -0.449 e. The van der Waals surface area contributed by atoms with Gasteiger partial charge in [-0.1, -0.05) is 0 Å². The van der Waals surface area contributed by atoms with Gasteiger partial charge in [0, 0.05) is 19.6 Å². The molecule has 1 rings (SSSR count). The molecule has 0 aliphatic rings. The van der Waals surface area contributed by atoms with Gasteiger partial charge < -0.3 is 10.1 Å². The van der Waals surface area contributed by atoms with Crippen LogP contribution < -0.4 is 10.6 Å². The topological polar surface area (TPSA) is 122 Å². The van der Waals surface area contributed by atoms with Gasteiger partial charge in [-0.15, -0.1) is 0 Å². The fraction of sp³-hybridized carbons (Fsp3) is 0.471. The highest BCUT2D eigenvalue weighted by molar-refractivity contribution is 7.89. The molecule has 0 heterocycles. The van der Waals surface area contributed by atoms with Crippen molar-refractivity contribution < 1.29 is 31.9 Å². The molecule has 0 saturated heterocycles. The number of halogens is 1. The van der Waals surface area contributed by atoms with Gasteiger partial charge in [0.25, 0.3) is 5.91 Å². The third kappa shape index (κ3) is 6.27.